The molecule has 3 rings (SSSR count). The van der Waals surface area contributed by atoms with Crippen LogP contribution in [0, 0.1) is 5.82 Å². The summed E-state index contributed by atoms with van der Waals surface area (Å²) in [5.74, 6) is -0.546. The van der Waals surface area contributed by atoms with Crippen LogP contribution in [-0.4, -0.2) is 40.1 Å². The van der Waals surface area contributed by atoms with Crippen LogP contribution in [0.5, 0.6) is 0 Å². The number of carbonyl (C=O) groups is 2. The summed E-state index contributed by atoms with van der Waals surface area (Å²) >= 11 is 1.30. The quantitative estimate of drug-likeness (QED) is 0.827. The lowest BCUT2D eigenvalue weighted by atomic mass is 10.1. The molecule has 8 heteroatoms. The molecular formula is C20H24FN3O3S. The van der Waals surface area contributed by atoms with Crippen LogP contribution in [0.4, 0.5) is 14.3 Å². The lowest BCUT2D eigenvalue weighted by Crippen LogP contribution is -2.45. The highest BCUT2D eigenvalue weighted by molar-refractivity contribution is 7.15. The van der Waals surface area contributed by atoms with Crippen molar-refractivity contribution in [3.8, 4) is 0 Å². The average molecular weight is 405 g/mol. The molecule has 28 heavy (non-hydrogen) atoms. The van der Waals surface area contributed by atoms with Gasteiger partial charge in [0.1, 0.15) is 17.5 Å². The Morgan fingerprint density at radius 3 is 2.82 bits per heavy atom. The molecule has 150 valence electrons. The first-order chi connectivity index (χ1) is 13.2. The zero-order chi connectivity index (χ0) is 20.3. The van der Waals surface area contributed by atoms with Gasteiger partial charge in [0.25, 0.3) is 0 Å². The highest BCUT2D eigenvalue weighted by atomic mass is 32.1. The number of thiazole rings is 1. The molecule has 1 N–H and O–H groups in total. The summed E-state index contributed by atoms with van der Waals surface area (Å²) in [6.07, 6.45) is 2.89. The van der Waals surface area contributed by atoms with Crippen molar-refractivity contribution in [2.45, 2.75) is 51.7 Å². The van der Waals surface area contributed by atoms with E-state index in [-0.39, 0.29) is 11.7 Å². The standard InChI is InChI=1S/C20H24FN3O3S/c1-20(2,3)27-19(26)24-10-6-9-16(24)17(25)23-18-22-12-14(28-18)11-13-7-4-5-8-15(13)21/h4-5,7-8,12,16H,6,9-11H2,1-3H3,(H,22,23,25). The molecule has 0 radical (unpaired) electrons. The van der Waals surface area contributed by atoms with Crippen LogP contribution in [0.1, 0.15) is 44.1 Å². The fourth-order valence-corrected chi connectivity index (χ4v) is 3.88. The van der Waals surface area contributed by atoms with Gasteiger partial charge in [0.05, 0.1) is 0 Å². The molecule has 0 bridgehead atoms. The summed E-state index contributed by atoms with van der Waals surface area (Å²) in [4.78, 5) is 31.5. The van der Waals surface area contributed by atoms with Crippen molar-refractivity contribution in [2.24, 2.45) is 0 Å². The van der Waals surface area contributed by atoms with Gasteiger partial charge in [-0.25, -0.2) is 14.2 Å². The van der Waals surface area contributed by atoms with E-state index in [4.69, 9.17) is 4.74 Å². The molecule has 0 aliphatic carbocycles. The minimum Gasteiger partial charge on any atom is -0.444 e. The Morgan fingerprint density at radius 1 is 1.36 bits per heavy atom. The van der Waals surface area contributed by atoms with E-state index in [9.17, 15) is 14.0 Å². The second-order valence-corrected chi connectivity index (χ2v) is 8.84. The number of rotatable bonds is 4. The Labute approximate surface area is 167 Å². The number of ether oxygens (including phenoxy) is 1. The number of amides is 2. The number of benzene rings is 1. The monoisotopic (exact) mass is 405 g/mol. The summed E-state index contributed by atoms with van der Waals surface area (Å²) in [5, 5.41) is 3.22. The molecule has 0 saturated carbocycles. The largest absolute Gasteiger partial charge is 0.444 e. The first-order valence-electron chi connectivity index (χ1n) is 9.21. The van der Waals surface area contributed by atoms with E-state index in [1.165, 1.54) is 22.3 Å². The van der Waals surface area contributed by atoms with E-state index in [1.54, 1.807) is 45.2 Å². The van der Waals surface area contributed by atoms with E-state index in [2.05, 4.69) is 10.3 Å². The number of halogens is 1. The SMILES string of the molecule is CC(C)(C)OC(=O)N1CCCC1C(=O)Nc1ncc(Cc2ccccc2F)s1. The van der Waals surface area contributed by atoms with Gasteiger partial charge in [-0.2, -0.15) is 0 Å². The van der Waals surface area contributed by atoms with Gasteiger partial charge in [-0.05, 0) is 45.2 Å². The number of nitrogens with zero attached hydrogens (tertiary/aromatic N) is 2. The molecule has 1 fully saturated rings. The van der Waals surface area contributed by atoms with Gasteiger partial charge >= 0.3 is 6.09 Å². The minimum atomic E-state index is -0.613. The van der Waals surface area contributed by atoms with Crippen molar-refractivity contribution in [1.29, 1.82) is 0 Å². The van der Waals surface area contributed by atoms with Crippen LogP contribution in [0.2, 0.25) is 0 Å². The predicted octanol–water partition coefficient (Wildman–Crippen LogP) is 4.21. The van der Waals surface area contributed by atoms with E-state index < -0.39 is 17.7 Å². The van der Waals surface area contributed by atoms with Gasteiger partial charge in [0.2, 0.25) is 5.91 Å². The van der Waals surface area contributed by atoms with Crippen LogP contribution in [0.25, 0.3) is 0 Å². The van der Waals surface area contributed by atoms with Gasteiger partial charge < -0.3 is 10.1 Å². The Hall–Kier alpha value is -2.48. The Kier molecular flexibility index (Phi) is 5.98. The van der Waals surface area contributed by atoms with E-state index >= 15 is 0 Å². The molecule has 1 aromatic carbocycles. The smallest absolute Gasteiger partial charge is 0.410 e. The molecule has 1 saturated heterocycles. The second-order valence-electron chi connectivity index (χ2n) is 7.72. The highest BCUT2D eigenvalue weighted by Crippen LogP contribution is 2.25. The second kappa shape index (κ2) is 8.26. The van der Waals surface area contributed by atoms with Gasteiger partial charge in [-0.15, -0.1) is 11.3 Å². The van der Waals surface area contributed by atoms with Crippen LogP contribution >= 0.6 is 11.3 Å². The maximum Gasteiger partial charge on any atom is 0.410 e. The number of hydrogen-bond acceptors (Lipinski definition) is 5. The minimum absolute atomic E-state index is 0.263. The maximum atomic E-state index is 13.8. The van der Waals surface area contributed by atoms with Crippen molar-refractivity contribution in [3.63, 3.8) is 0 Å². The van der Waals surface area contributed by atoms with Crippen molar-refractivity contribution < 1.29 is 18.7 Å². The highest BCUT2D eigenvalue weighted by Gasteiger charge is 2.36. The van der Waals surface area contributed by atoms with Crippen LogP contribution in [-0.2, 0) is 16.0 Å². The predicted molar refractivity (Wildman–Crippen MR) is 106 cm³/mol. The lowest BCUT2D eigenvalue weighted by Gasteiger charge is -2.27. The molecule has 2 amide bonds. The molecule has 1 atom stereocenters. The van der Waals surface area contributed by atoms with Crippen LogP contribution in [0.3, 0.4) is 0 Å². The fraction of sp³-hybridized carbons (Fsp3) is 0.450. The Balaban J connectivity index is 1.62. The number of hydrogen-bond donors (Lipinski definition) is 1. The van der Waals surface area contributed by atoms with Gasteiger partial charge in [0, 0.05) is 24.0 Å². The van der Waals surface area contributed by atoms with Crippen molar-refractivity contribution in [2.75, 3.05) is 11.9 Å². The maximum absolute atomic E-state index is 13.8. The molecular weight excluding hydrogens is 381 g/mol. The van der Waals surface area contributed by atoms with Gasteiger partial charge in [-0.3, -0.25) is 9.69 Å². The van der Waals surface area contributed by atoms with E-state index in [1.807, 2.05) is 0 Å². The molecule has 1 aromatic heterocycles. The molecule has 2 heterocycles. The number of carbonyl (C=O) groups excluding carboxylic acids is 2. The summed E-state index contributed by atoms with van der Waals surface area (Å²) in [5.41, 5.74) is -0.0339. The third-order valence-corrected chi connectivity index (χ3v) is 5.20. The van der Waals surface area contributed by atoms with Crippen molar-refractivity contribution in [1.82, 2.24) is 9.88 Å². The number of anilines is 1. The Morgan fingerprint density at radius 2 is 2.11 bits per heavy atom. The molecule has 1 aliphatic heterocycles. The number of aromatic nitrogens is 1. The zero-order valence-electron chi connectivity index (χ0n) is 16.2. The van der Waals surface area contributed by atoms with E-state index in [0.29, 0.717) is 30.1 Å². The molecule has 6 nitrogen and oxygen atoms in total. The van der Waals surface area contributed by atoms with Crippen molar-refractivity contribution in [3.05, 3.63) is 46.7 Å². The molecule has 1 unspecified atom stereocenters. The first kappa shape index (κ1) is 20.3. The normalized spacial score (nSPS) is 16.9. The van der Waals surface area contributed by atoms with Crippen molar-refractivity contribution >= 4 is 28.5 Å². The zero-order valence-corrected chi connectivity index (χ0v) is 17.0. The van der Waals surface area contributed by atoms with Gasteiger partial charge in [0.15, 0.2) is 5.13 Å². The van der Waals surface area contributed by atoms with Gasteiger partial charge in [-0.1, -0.05) is 18.2 Å². The summed E-state index contributed by atoms with van der Waals surface area (Å²) in [6.45, 7) is 5.87. The lowest BCUT2D eigenvalue weighted by molar-refractivity contribution is -0.120. The molecule has 2 aromatic rings. The first-order valence-corrected chi connectivity index (χ1v) is 10.0. The van der Waals surface area contributed by atoms with E-state index in [0.717, 1.165) is 11.3 Å². The van der Waals surface area contributed by atoms with Crippen LogP contribution < -0.4 is 5.32 Å². The van der Waals surface area contributed by atoms with Crippen LogP contribution in [0.15, 0.2) is 30.5 Å². The Bertz CT molecular complexity index is 862. The fourth-order valence-electron chi connectivity index (χ4n) is 3.04. The topological polar surface area (TPSA) is 71.5 Å². The molecule has 0 spiro atoms. The summed E-state index contributed by atoms with van der Waals surface area (Å²) < 4.78 is 19.2. The summed E-state index contributed by atoms with van der Waals surface area (Å²) in [6, 6.07) is 6.01. The third kappa shape index (κ3) is 5.07. The average Bonchev–Trinajstić information content (AvgIpc) is 3.25. The third-order valence-electron chi connectivity index (χ3n) is 4.29. The number of likely N-dealkylation sites (tertiary alicyclic amines) is 1. The number of nitrogens with one attached hydrogen (secondary N) is 1. The molecule has 1 aliphatic rings. The summed E-state index contributed by atoms with van der Waals surface area (Å²) in [7, 11) is 0.